The summed E-state index contributed by atoms with van der Waals surface area (Å²) in [7, 11) is 1.61. The van der Waals surface area contributed by atoms with Gasteiger partial charge in [0.2, 0.25) is 11.8 Å². The number of methoxy groups -OCH3 is 1. The number of carbonyl (C=O) groups excluding carboxylic acids is 2. The lowest BCUT2D eigenvalue weighted by Gasteiger charge is -2.24. The molecule has 0 aromatic heterocycles. The van der Waals surface area contributed by atoms with Crippen molar-refractivity contribution in [2.45, 2.75) is 39.2 Å². The molecule has 2 aliphatic heterocycles. The summed E-state index contributed by atoms with van der Waals surface area (Å²) in [5.74, 6) is 1.32. The Bertz CT molecular complexity index is 1050. The number of hydrogen-bond donors (Lipinski definition) is 1. The SMILES string of the molecule is CCOc1cc(C2=NN(Cc3ccc(NC(=O)CN4CCCC4)cc3)C(=O)CC2)ccc1OC. The molecule has 1 N–H and O–H groups in total. The molecule has 0 bridgehead atoms. The van der Waals surface area contributed by atoms with E-state index in [2.05, 4.69) is 15.3 Å². The number of rotatable bonds is 9. The number of anilines is 1. The van der Waals surface area contributed by atoms with E-state index in [0.717, 1.165) is 48.5 Å². The number of amides is 2. The van der Waals surface area contributed by atoms with Gasteiger partial charge in [-0.05, 0) is 68.8 Å². The van der Waals surface area contributed by atoms with E-state index in [-0.39, 0.29) is 11.8 Å². The maximum atomic E-state index is 12.5. The fraction of sp³-hybridized carbons (Fsp3) is 0.423. The number of likely N-dealkylation sites (tertiary alicyclic amines) is 1. The molecule has 0 spiro atoms. The zero-order valence-corrected chi connectivity index (χ0v) is 19.9. The normalized spacial score (nSPS) is 16.4. The Labute approximate surface area is 200 Å². The molecule has 1 fully saturated rings. The van der Waals surface area contributed by atoms with Gasteiger partial charge in [0.25, 0.3) is 0 Å². The molecule has 2 amide bonds. The molecule has 8 heteroatoms. The topological polar surface area (TPSA) is 83.5 Å². The van der Waals surface area contributed by atoms with Crippen molar-refractivity contribution in [3.8, 4) is 11.5 Å². The van der Waals surface area contributed by atoms with Crippen molar-refractivity contribution >= 4 is 23.2 Å². The van der Waals surface area contributed by atoms with Crippen LogP contribution in [0.5, 0.6) is 11.5 Å². The van der Waals surface area contributed by atoms with E-state index in [4.69, 9.17) is 9.47 Å². The van der Waals surface area contributed by atoms with E-state index in [1.54, 1.807) is 7.11 Å². The van der Waals surface area contributed by atoms with Crippen molar-refractivity contribution in [2.24, 2.45) is 5.10 Å². The lowest BCUT2D eigenvalue weighted by molar-refractivity contribution is -0.132. The molecular formula is C26H32N4O4. The van der Waals surface area contributed by atoms with E-state index >= 15 is 0 Å². The van der Waals surface area contributed by atoms with Gasteiger partial charge >= 0.3 is 0 Å². The van der Waals surface area contributed by atoms with E-state index in [0.29, 0.717) is 44.0 Å². The Morgan fingerprint density at radius 3 is 2.53 bits per heavy atom. The van der Waals surface area contributed by atoms with Gasteiger partial charge < -0.3 is 14.8 Å². The lowest BCUT2D eigenvalue weighted by Crippen LogP contribution is -2.31. The van der Waals surface area contributed by atoms with E-state index < -0.39 is 0 Å². The second-order valence-electron chi connectivity index (χ2n) is 8.53. The second kappa shape index (κ2) is 11.2. The second-order valence-corrected chi connectivity index (χ2v) is 8.53. The van der Waals surface area contributed by atoms with Crippen molar-refractivity contribution < 1.29 is 19.1 Å². The molecule has 4 rings (SSSR count). The van der Waals surface area contributed by atoms with Gasteiger partial charge in [0.15, 0.2) is 11.5 Å². The van der Waals surface area contributed by atoms with Crippen LogP contribution in [0.15, 0.2) is 47.6 Å². The summed E-state index contributed by atoms with van der Waals surface area (Å²) in [5.41, 5.74) is 3.45. The van der Waals surface area contributed by atoms with Crippen LogP contribution in [-0.4, -0.2) is 60.8 Å². The Balaban J connectivity index is 1.41. The van der Waals surface area contributed by atoms with Crippen LogP contribution in [-0.2, 0) is 16.1 Å². The zero-order chi connectivity index (χ0) is 23.9. The molecule has 2 aromatic rings. The quantitative estimate of drug-likeness (QED) is 0.612. The van der Waals surface area contributed by atoms with Gasteiger partial charge in [-0.2, -0.15) is 5.10 Å². The molecule has 0 unspecified atom stereocenters. The van der Waals surface area contributed by atoms with Crippen LogP contribution in [0.25, 0.3) is 0 Å². The molecule has 0 aliphatic carbocycles. The standard InChI is InChI=1S/C26H32N4O4/c1-3-34-24-16-20(8-12-23(24)33-2)22-11-13-26(32)30(28-22)17-19-6-9-21(10-7-19)27-25(31)18-29-14-4-5-15-29/h6-10,12,16H,3-5,11,13-15,17-18H2,1-2H3,(H,27,31). The molecule has 0 atom stereocenters. The fourth-order valence-electron chi connectivity index (χ4n) is 4.27. The first-order valence-electron chi connectivity index (χ1n) is 11.9. The van der Waals surface area contributed by atoms with Crippen molar-refractivity contribution in [1.29, 1.82) is 0 Å². The molecule has 1 saturated heterocycles. The van der Waals surface area contributed by atoms with Gasteiger partial charge in [0, 0.05) is 24.1 Å². The van der Waals surface area contributed by atoms with Gasteiger partial charge in [-0.3, -0.25) is 14.5 Å². The summed E-state index contributed by atoms with van der Waals surface area (Å²) in [6.45, 7) is 5.24. The van der Waals surface area contributed by atoms with Crippen LogP contribution < -0.4 is 14.8 Å². The maximum absolute atomic E-state index is 12.5. The van der Waals surface area contributed by atoms with Crippen LogP contribution in [0.2, 0.25) is 0 Å². The number of nitrogens with zero attached hydrogens (tertiary/aromatic N) is 3. The minimum Gasteiger partial charge on any atom is -0.493 e. The largest absolute Gasteiger partial charge is 0.493 e. The Hall–Kier alpha value is -3.39. The summed E-state index contributed by atoms with van der Waals surface area (Å²) in [5, 5.41) is 9.11. The van der Waals surface area contributed by atoms with Crippen molar-refractivity contribution in [3.05, 3.63) is 53.6 Å². The highest BCUT2D eigenvalue weighted by Gasteiger charge is 2.22. The van der Waals surface area contributed by atoms with Crippen LogP contribution in [0.4, 0.5) is 5.69 Å². The van der Waals surface area contributed by atoms with Gasteiger partial charge in [-0.25, -0.2) is 5.01 Å². The van der Waals surface area contributed by atoms with Crippen LogP contribution in [0.1, 0.15) is 43.7 Å². The number of ether oxygens (including phenoxy) is 2. The summed E-state index contributed by atoms with van der Waals surface area (Å²) in [6.07, 6.45) is 3.30. The minimum absolute atomic E-state index is 0.000938. The third kappa shape index (κ3) is 5.94. The number of benzene rings is 2. The number of nitrogens with one attached hydrogen (secondary N) is 1. The van der Waals surface area contributed by atoms with E-state index in [9.17, 15) is 9.59 Å². The smallest absolute Gasteiger partial charge is 0.243 e. The number of carbonyl (C=O) groups is 2. The number of hydrazone groups is 1. The first-order chi connectivity index (χ1) is 16.6. The van der Waals surface area contributed by atoms with Crippen molar-refractivity contribution in [1.82, 2.24) is 9.91 Å². The molecule has 2 aliphatic rings. The Kier molecular flexibility index (Phi) is 7.80. The molecule has 0 radical (unpaired) electrons. The average molecular weight is 465 g/mol. The lowest BCUT2D eigenvalue weighted by atomic mass is 10.0. The molecule has 8 nitrogen and oxygen atoms in total. The van der Waals surface area contributed by atoms with Crippen LogP contribution >= 0.6 is 0 Å². The monoisotopic (exact) mass is 464 g/mol. The van der Waals surface area contributed by atoms with Crippen LogP contribution in [0, 0.1) is 0 Å². The average Bonchev–Trinajstić information content (AvgIpc) is 3.35. The molecule has 2 aromatic carbocycles. The van der Waals surface area contributed by atoms with E-state index in [1.165, 1.54) is 5.01 Å². The first-order valence-corrected chi connectivity index (χ1v) is 11.9. The first kappa shape index (κ1) is 23.8. The third-order valence-corrected chi connectivity index (χ3v) is 6.04. The molecule has 2 heterocycles. The highest BCUT2D eigenvalue weighted by Crippen LogP contribution is 2.30. The predicted octanol–water partition coefficient (Wildman–Crippen LogP) is 3.65. The minimum atomic E-state index is -0.00899. The van der Waals surface area contributed by atoms with Gasteiger partial charge in [0.1, 0.15) is 0 Å². The molecule has 0 saturated carbocycles. The molecular weight excluding hydrogens is 432 g/mol. The van der Waals surface area contributed by atoms with Crippen molar-refractivity contribution in [3.63, 3.8) is 0 Å². The fourth-order valence-corrected chi connectivity index (χ4v) is 4.27. The summed E-state index contributed by atoms with van der Waals surface area (Å²) < 4.78 is 11.1. The highest BCUT2D eigenvalue weighted by atomic mass is 16.5. The van der Waals surface area contributed by atoms with Crippen LogP contribution in [0.3, 0.4) is 0 Å². The summed E-state index contributed by atoms with van der Waals surface area (Å²) in [4.78, 5) is 27.0. The van der Waals surface area contributed by atoms with Gasteiger partial charge in [-0.15, -0.1) is 0 Å². The molecule has 34 heavy (non-hydrogen) atoms. The van der Waals surface area contributed by atoms with Crippen molar-refractivity contribution in [2.75, 3.05) is 38.7 Å². The Morgan fingerprint density at radius 2 is 1.82 bits per heavy atom. The van der Waals surface area contributed by atoms with Gasteiger partial charge in [-0.1, -0.05) is 12.1 Å². The molecule has 180 valence electrons. The summed E-state index contributed by atoms with van der Waals surface area (Å²) >= 11 is 0. The van der Waals surface area contributed by atoms with Gasteiger partial charge in [0.05, 0.1) is 32.5 Å². The van der Waals surface area contributed by atoms with E-state index in [1.807, 2.05) is 49.4 Å². The Morgan fingerprint density at radius 1 is 1.06 bits per heavy atom. The summed E-state index contributed by atoms with van der Waals surface area (Å²) in [6, 6.07) is 13.3. The predicted molar refractivity (Wildman–Crippen MR) is 131 cm³/mol. The zero-order valence-electron chi connectivity index (χ0n) is 19.9. The number of hydrogen-bond acceptors (Lipinski definition) is 6. The highest BCUT2D eigenvalue weighted by molar-refractivity contribution is 6.04. The third-order valence-electron chi connectivity index (χ3n) is 6.04. The maximum Gasteiger partial charge on any atom is 0.243 e.